The van der Waals surface area contributed by atoms with Crippen molar-refractivity contribution in [3.05, 3.63) is 352 Å². The van der Waals surface area contributed by atoms with Gasteiger partial charge in [-0.05, 0) is 208 Å². The summed E-state index contributed by atoms with van der Waals surface area (Å²) < 4.78 is 0. The van der Waals surface area contributed by atoms with Crippen LogP contribution in [-0.4, -0.2) is 21.7 Å². The van der Waals surface area contributed by atoms with E-state index >= 15 is 0 Å². The summed E-state index contributed by atoms with van der Waals surface area (Å²) in [6.07, 6.45) is 0. The predicted molar refractivity (Wildman–Crippen MR) is 434 cm³/mol. The Kier molecular flexibility index (Phi) is 12.5. The van der Waals surface area contributed by atoms with Crippen molar-refractivity contribution >= 4 is 143 Å². The first-order chi connectivity index (χ1) is 51.1. The lowest BCUT2D eigenvalue weighted by Gasteiger charge is -2.45. The van der Waals surface area contributed by atoms with Gasteiger partial charge in [-0.1, -0.05) is 291 Å². The molecule has 0 radical (unpaired) electrons. The molecule has 0 N–H and O–H groups in total. The zero-order chi connectivity index (χ0) is 67.4. The van der Waals surface area contributed by atoms with Gasteiger partial charge in [-0.3, -0.25) is 0 Å². The Morgan fingerprint density at radius 1 is 0.184 bits per heavy atom. The molecule has 1 aromatic heterocycles. The Labute approximate surface area is 594 Å². The Bertz CT molecular complexity index is 6320. The fraction of sp³-hybridized carbons (Fsp3) is 0. The average Bonchev–Trinajstić information content (AvgIpc) is 0.671. The highest BCUT2D eigenvalue weighted by Crippen LogP contribution is 2.54. The molecule has 0 saturated carbocycles. The quantitative estimate of drug-likeness (QED) is 0.0819. The van der Waals surface area contributed by atoms with E-state index in [4.69, 9.17) is 15.0 Å². The molecule has 2 aliphatic heterocycles. The van der Waals surface area contributed by atoms with E-state index in [0.717, 1.165) is 95.3 Å². The lowest BCUT2D eigenvalue weighted by atomic mass is 9.32. The maximum Gasteiger partial charge on any atom is 0.253 e. The monoisotopic (exact) mass is 1300 g/mol. The second kappa shape index (κ2) is 22.5. The maximum atomic E-state index is 5.66. The summed E-state index contributed by atoms with van der Waals surface area (Å²) in [5.41, 5.74) is 21.6. The van der Waals surface area contributed by atoms with E-state index in [-0.39, 0.29) is 6.71 Å². The van der Waals surface area contributed by atoms with Gasteiger partial charge >= 0.3 is 0 Å². The number of fused-ring (bicyclic) bond motifs is 10. The van der Waals surface area contributed by atoms with Crippen LogP contribution in [0.1, 0.15) is 0 Å². The fourth-order valence-electron chi connectivity index (χ4n) is 17.7. The van der Waals surface area contributed by atoms with Crippen molar-refractivity contribution in [2.75, 3.05) is 9.80 Å². The Morgan fingerprint density at radius 3 is 0.796 bits per heavy atom. The van der Waals surface area contributed by atoms with Crippen molar-refractivity contribution in [1.29, 1.82) is 0 Å². The average molecular weight is 1300 g/mol. The predicted octanol–water partition coefficient (Wildman–Crippen LogP) is 23.7. The van der Waals surface area contributed by atoms with Crippen molar-refractivity contribution in [1.82, 2.24) is 15.0 Å². The van der Waals surface area contributed by atoms with Crippen LogP contribution in [-0.2, 0) is 0 Å². The van der Waals surface area contributed by atoms with Crippen LogP contribution in [0.15, 0.2) is 352 Å². The number of aromatic nitrogens is 3. The van der Waals surface area contributed by atoms with Gasteiger partial charge in [-0.2, -0.15) is 0 Å². The smallest absolute Gasteiger partial charge is 0.253 e. The highest BCUT2D eigenvalue weighted by atomic mass is 15.2. The second-order valence-electron chi connectivity index (χ2n) is 27.7. The molecule has 0 spiro atoms. The van der Waals surface area contributed by atoms with E-state index in [2.05, 4.69) is 350 Å². The fourth-order valence-corrected chi connectivity index (χ4v) is 17.7. The largest absolute Gasteiger partial charge is 0.311 e. The molecule has 5 nitrogen and oxygen atoms in total. The summed E-state index contributed by atoms with van der Waals surface area (Å²) in [5.74, 6) is 1.75. The normalized spacial score (nSPS) is 12.6. The van der Waals surface area contributed by atoms with E-state index in [1.54, 1.807) is 0 Å². The molecule has 474 valence electrons. The van der Waals surface area contributed by atoms with Gasteiger partial charge in [0.1, 0.15) is 0 Å². The molecule has 103 heavy (non-hydrogen) atoms. The number of benzene rings is 19. The zero-order valence-corrected chi connectivity index (χ0v) is 55.8. The van der Waals surface area contributed by atoms with E-state index in [1.165, 1.54) is 103 Å². The molecule has 3 heterocycles. The lowest BCUT2D eigenvalue weighted by Crippen LogP contribution is -2.61. The van der Waals surface area contributed by atoms with Gasteiger partial charge in [-0.15, -0.1) is 0 Å². The topological polar surface area (TPSA) is 45.2 Å². The minimum Gasteiger partial charge on any atom is -0.311 e. The van der Waals surface area contributed by atoms with Crippen LogP contribution < -0.4 is 26.2 Å². The second-order valence-corrected chi connectivity index (χ2v) is 27.7. The van der Waals surface area contributed by atoms with E-state index in [9.17, 15) is 0 Å². The summed E-state index contributed by atoms with van der Waals surface area (Å²) >= 11 is 0. The van der Waals surface area contributed by atoms with Crippen molar-refractivity contribution < 1.29 is 0 Å². The van der Waals surface area contributed by atoms with Gasteiger partial charge < -0.3 is 9.80 Å². The minimum atomic E-state index is -0.346. The molecule has 20 aromatic rings. The first kappa shape index (κ1) is 57.4. The SMILES string of the molecule is c1ccc(-c2cc(-c3ccccc3)cc(N3c4cc(-c5nc(-c6ccccc6)nc(-c6ccccc6)n5)cc5c4B(c4c3cc3c6cccc7cccc(c8cccc4c83)c76)c3c(cc4c6cccc7cccc(c8cccc3c84)c76)N5c3cc(-c4ccccc4)cc(-c4ccccc4)c3)c2)cc1. The van der Waals surface area contributed by atoms with Crippen LogP contribution in [0.3, 0.4) is 0 Å². The number of hydrogen-bond acceptors (Lipinski definition) is 5. The number of nitrogens with zero attached hydrogens (tertiary/aromatic N) is 5. The van der Waals surface area contributed by atoms with Crippen LogP contribution in [0, 0.1) is 0 Å². The molecule has 0 amide bonds. The Morgan fingerprint density at radius 2 is 0.456 bits per heavy atom. The van der Waals surface area contributed by atoms with Crippen LogP contribution >= 0.6 is 0 Å². The molecule has 0 aliphatic carbocycles. The third kappa shape index (κ3) is 8.78. The number of hydrogen-bond donors (Lipinski definition) is 0. The third-order valence-corrected chi connectivity index (χ3v) is 22.0. The zero-order valence-electron chi connectivity index (χ0n) is 55.8. The van der Waals surface area contributed by atoms with Crippen LogP contribution in [0.5, 0.6) is 0 Å². The molecule has 0 saturated heterocycles. The van der Waals surface area contributed by atoms with Gasteiger partial charge in [0.15, 0.2) is 17.5 Å². The molecule has 0 unspecified atom stereocenters. The first-order valence-electron chi connectivity index (χ1n) is 35.5. The highest BCUT2D eigenvalue weighted by molar-refractivity contribution is 7.03. The van der Waals surface area contributed by atoms with Crippen LogP contribution in [0.2, 0.25) is 0 Å². The number of anilines is 6. The van der Waals surface area contributed by atoms with Gasteiger partial charge in [0.25, 0.3) is 6.71 Å². The van der Waals surface area contributed by atoms with Crippen molar-refractivity contribution in [3.8, 4) is 78.7 Å². The highest BCUT2D eigenvalue weighted by Gasteiger charge is 2.47. The third-order valence-electron chi connectivity index (χ3n) is 22.0. The van der Waals surface area contributed by atoms with Crippen LogP contribution in [0.4, 0.5) is 34.1 Å². The summed E-state index contributed by atoms with van der Waals surface area (Å²) in [6.45, 7) is -0.346. The summed E-state index contributed by atoms with van der Waals surface area (Å²) in [4.78, 5) is 21.9. The van der Waals surface area contributed by atoms with Crippen molar-refractivity contribution in [2.24, 2.45) is 0 Å². The van der Waals surface area contributed by atoms with Gasteiger partial charge in [0.05, 0.1) is 0 Å². The first-order valence-corrected chi connectivity index (χ1v) is 35.5. The van der Waals surface area contributed by atoms with Crippen molar-refractivity contribution in [2.45, 2.75) is 0 Å². The molecule has 22 rings (SSSR count). The lowest BCUT2D eigenvalue weighted by molar-refractivity contribution is 1.07. The molecule has 2 aliphatic rings. The molecular formula is C97H58BN5. The van der Waals surface area contributed by atoms with E-state index in [1.807, 2.05) is 12.1 Å². The molecule has 0 bridgehead atoms. The van der Waals surface area contributed by atoms with Crippen LogP contribution in [0.25, 0.3) is 165 Å². The van der Waals surface area contributed by atoms with Gasteiger partial charge in [0, 0.05) is 50.8 Å². The molecule has 19 aromatic carbocycles. The molecule has 0 atom stereocenters. The van der Waals surface area contributed by atoms with E-state index in [0.29, 0.717) is 17.5 Å². The Hall–Kier alpha value is -13.5. The standard InChI is InChI=1S/C97H58BN5/c1-7-25-59(26-8-1)67-49-68(60-27-9-2-10-28-60)52-72(51-67)102-84-55-71(97-100-95(65-33-15-5-16-34-65)99-96(101-97)66-35-17-6-18-36-66)56-85-94(84)98(92-80-47-23-45-76-74-41-19-37-63-39-21-43-78(88(63)74)82(90(76)80)57-86(92)102)93-81-48-24-46-77-75-42-20-38-64-40-22-44-79(89(64)75)83(91(77)81)58-87(93)103(85)73-53-69(61-29-11-3-12-30-61)50-70(54-73)62-31-13-4-14-32-62/h1-58H. The molecule has 0 fully saturated rings. The maximum absolute atomic E-state index is 5.66. The molecular weight excluding hydrogens is 1250 g/mol. The van der Waals surface area contributed by atoms with Gasteiger partial charge in [0.2, 0.25) is 0 Å². The molecule has 6 heteroatoms. The van der Waals surface area contributed by atoms with Crippen molar-refractivity contribution in [3.63, 3.8) is 0 Å². The summed E-state index contributed by atoms with van der Waals surface area (Å²) in [7, 11) is 0. The Balaban J connectivity index is 0.963. The van der Waals surface area contributed by atoms with E-state index < -0.39 is 0 Å². The minimum absolute atomic E-state index is 0.346. The number of rotatable bonds is 9. The van der Waals surface area contributed by atoms with Gasteiger partial charge in [-0.25, -0.2) is 15.0 Å². The summed E-state index contributed by atoms with van der Waals surface area (Å²) in [5, 5.41) is 19.8. The summed E-state index contributed by atoms with van der Waals surface area (Å²) in [6, 6.07) is 131.